The molecular weight excluding hydrogens is 633 g/mol. The molecule has 0 bridgehead atoms. The molecule has 2 amide bonds. The van der Waals surface area contributed by atoms with Gasteiger partial charge in [-0.1, -0.05) is 42.8 Å². The number of fused-ring (bicyclic) bond motifs is 3. The smallest absolute Gasteiger partial charge is 0.410 e. The maximum Gasteiger partial charge on any atom is 0.410 e. The summed E-state index contributed by atoms with van der Waals surface area (Å²) in [7, 11) is 2.93. The molecule has 0 spiro atoms. The third-order valence-corrected chi connectivity index (χ3v) is 10.5. The Kier molecular flexibility index (Phi) is 8.29. The van der Waals surface area contributed by atoms with Gasteiger partial charge in [-0.25, -0.2) is 19.2 Å². The number of carbonyl (C=O) groups is 2. The number of hydrogen-bond donors (Lipinski definition) is 2. The number of aromatic nitrogens is 4. The van der Waals surface area contributed by atoms with E-state index in [2.05, 4.69) is 26.8 Å². The zero-order valence-electron chi connectivity index (χ0n) is 27.3. The van der Waals surface area contributed by atoms with E-state index in [-0.39, 0.29) is 46.7 Å². The number of rotatable bonds is 6. The molecular formula is C36H37ClFN7O3. The minimum absolute atomic E-state index is 0.0137. The van der Waals surface area contributed by atoms with Gasteiger partial charge in [0.2, 0.25) is 0 Å². The van der Waals surface area contributed by atoms with Crippen molar-refractivity contribution in [2.45, 2.75) is 45.2 Å². The number of nitrogens with two attached hydrogens (primary N) is 1. The monoisotopic (exact) mass is 669 g/mol. The van der Waals surface area contributed by atoms with Crippen LogP contribution >= 0.6 is 11.6 Å². The summed E-state index contributed by atoms with van der Waals surface area (Å²) in [4.78, 5) is 41.7. The second-order valence-electron chi connectivity index (χ2n) is 12.8. The number of likely N-dealkylation sites (tertiary alicyclic amines) is 1. The van der Waals surface area contributed by atoms with Crippen molar-refractivity contribution in [3.63, 3.8) is 0 Å². The van der Waals surface area contributed by atoms with E-state index in [4.69, 9.17) is 27.1 Å². The van der Waals surface area contributed by atoms with Gasteiger partial charge in [0.1, 0.15) is 16.9 Å². The second kappa shape index (κ2) is 12.4. The number of nitrogens with one attached hydrogen (secondary N) is 1. The van der Waals surface area contributed by atoms with Gasteiger partial charge in [-0.3, -0.25) is 14.7 Å². The Morgan fingerprint density at radius 1 is 1.15 bits per heavy atom. The molecule has 5 heterocycles. The molecule has 5 aromatic rings. The summed E-state index contributed by atoms with van der Waals surface area (Å²) in [5.41, 5.74) is 10.4. The number of halogens is 2. The van der Waals surface area contributed by atoms with Gasteiger partial charge in [-0.2, -0.15) is 0 Å². The first-order chi connectivity index (χ1) is 23.2. The molecule has 2 fully saturated rings. The van der Waals surface area contributed by atoms with Gasteiger partial charge in [0.25, 0.3) is 5.91 Å². The average Bonchev–Trinajstić information content (AvgIpc) is 3.73. The molecule has 4 aromatic heterocycles. The van der Waals surface area contributed by atoms with E-state index in [1.165, 1.54) is 14.2 Å². The van der Waals surface area contributed by atoms with Crippen LogP contribution in [0.1, 0.15) is 60.0 Å². The fraction of sp³-hybridized carbons (Fsp3) is 0.361. The second-order valence-corrected chi connectivity index (χ2v) is 13.2. The minimum atomic E-state index is -0.617. The van der Waals surface area contributed by atoms with Crippen molar-refractivity contribution in [1.29, 1.82) is 0 Å². The number of pyridine rings is 3. The lowest BCUT2D eigenvalue weighted by atomic mass is 9.70. The number of methoxy groups -OCH3 is 1. The molecule has 248 valence electrons. The van der Waals surface area contributed by atoms with E-state index in [0.29, 0.717) is 45.8 Å². The highest BCUT2D eigenvalue weighted by Gasteiger charge is 2.43. The third-order valence-electron chi connectivity index (χ3n) is 10.0. The molecule has 12 heteroatoms. The summed E-state index contributed by atoms with van der Waals surface area (Å²) in [5.74, 6) is -0.529. The van der Waals surface area contributed by atoms with E-state index < -0.39 is 11.9 Å². The lowest BCUT2D eigenvalue weighted by molar-refractivity contribution is 0.0936. The average molecular weight is 670 g/mol. The Morgan fingerprint density at radius 3 is 2.67 bits per heavy atom. The first kappa shape index (κ1) is 32.0. The normalized spacial score (nSPS) is 20.7. The van der Waals surface area contributed by atoms with Crippen molar-refractivity contribution in [3.05, 3.63) is 76.5 Å². The Bertz CT molecular complexity index is 2100. The van der Waals surface area contributed by atoms with Crippen LogP contribution < -0.4 is 11.1 Å². The quantitative estimate of drug-likeness (QED) is 0.203. The Balaban J connectivity index is 1.60. The number of ether oxygens (including phenoxy) is 1. The summed E-state index contributed by atoms with van der Waals surface area (Å²) in [6, 6.07) is 12.3. The van der Waals surface area contributed by atoms with E-state index >= 15 is 4.39 Å². The molecule has 10 nitrogen and oxygen atoms in total. The highest BCUT2D eigenvalue weighted by Crippen LogP contribution is 2.50. The maximum atomic E-state index is 17.0. The highest BCUT2D eigenvalue weighted by atomic mass is 35.5. The first-order valence-electron chi connectivity index (χ1n) is 16.2. The van der Waals surface area contributed by atoms with Gasteiger partial charge in [-0.05, 0) is 68.3 Å². The largest absolute Gasteiger partial charge is 0.453 e. The predicted molar refractivity (Wildman–Crippen MR) is 183 cm³/mol. The molecule has 3 N–H and O–H groups in total. The van der Waals surface area contributed by atoms with Gasteiger partial charge in [0.05, 0.1) is 35.1 Å². The molecule has 4 atom stereocenters. The van der Waals surface area contributed by atoms with Gasteiger partial charge in [0.15, 0.2) is 5.82 Å². The fourth-order valence-electron chi connectivity index (χ4n) is 7.68. The van der Waals surface area contributed by atoms with Crippen LogP contribution in [-0.4, -0.2) is 63.7 Å². The topological polar surface area (TPSA) is 128 Å². The summed E-state index contributed by atoms with van der Waals surface area (Å²) in [5, 5.41) is 4.27. The summed E-state index contributed by atoms with van der Waals surface area (Å²) in [6.07, 6.45) is 3.74. The SMILES string of the molecule is CNC(=O)c1cccc(-c2nc3c(F)c(-c4cccc(C)c4Cl)ncc3c3c2cc([C@H]2CCCN2C(=O)OC)n3[C@H]2[C@@H](CN)C[C@@H]2C)n1. The predicted octanol–water partition coefficient (Wildman–Crippen LogP) is 6.83. The van der Waals surface area contributed by atoms with Crippen LogP contribution in [0, 0.1) is 24.6 Å². The van der Waals surface area contributed by atoms with Crippen molar-refractivity contribution >= 4 is 45.4 Å². The van der Waals surface area contributed by atoms with E-state index in [0.717, 1.165) is 36.0 Å². The van der Waals surface area contributed by atoms with Crippen LogP contribution in [0.2, 0.25) is 5.02 Å². The summed E-state index contributed by atoms with van der Waals surface area (Å²) >= 11 is 6.67. The van der Waals surface area contributed by atoms with E-state index in [1.54, 1.807) is 35.4 Å². The maximum absolute atomic E-state index is 17.0. The molecule has 1 aliphatic heterocycles. The molecule has 0 radical (unpaired) electrons. The zero-order valence-corrected chi connectivity index (χ0v) is 28.0. The van der Waals surface area contributed by atoms with Crippen LogP contribution in [-0.2, 0) is 4.74 Å². The Hall–Kier alpha value is -4.61. The van der Waals surface area contributed by atoms with Crippen LogP contribution in [0.3, 0.4) is 0 Å². The Labute approximate surface area is 282 Å². The number of amides is 2. The van der Waals surface area contributed by atoms with Gasteiger partial charge in [-0.15, -0.1) is 0 Å². The van der Waals surface area contributed by atoms with E-state index in [1.807, 2.05) is 25.1 Å². The Morgan fingerprint density at radius 2 is 1.94 bits per heavy atom. The van der Waals surface area contributed by atoms with Crippen LogP contribution in [0.25, 0.3) is 44.5 Å². The number of hydrogen-bond acceptors (Lipinski definition) is 7. The van der Waals surface area contributed by atoms with Gasteiger partial charge >= 0.3 is 6.09 Å². The minimum Gasteiger partial charge on any atom is -0.453 e. The summed E-state index contributed by atoms with van der Waals surface area (Å²) < 4.78 is 24.4. The van der Waals surface area contributed by atoms with Gasteiger partial charge in [0, 0.05) is 47.9 Å². The lowest BCUT2D eigenvalue weighted by Crippen LogP contribution is -2.42. The zero-order chi connectivity index (χ0) is 33.9. The summed E-state index contributed by atoms with van der Waals surface area (Å²) in [6.45, 7) is 5.08. The number of aryl methyl sites for hydroxylation is 1. The van der Waals surface area contributed by atoms with Crippen LogP contribution in [0.15, 0.2) is 48.7 Å². The van der Waals surface area contributed by atoms with E-state index in [9.17, 15) is 9.59 Å². The number of nitrogens with zero attached hydrogens (tertiary/aromatic N) is 5. The standard InChI is InChI=1S/C36H37ClFN7O3/c1-18-8-5-9-21(28(18)37)31-29(38)32-23(17-41-31)34-22(30(43-32)24-10-6-11-25(42-24)35(46)40-3)15-27(26-12-7-13-44(26)36(47)48-4)45(34)33-19(2)14-20(33)16-39/h5-6,8-11,15,17,19-20,26,33H,7,12-14,16,39H2,1-4H3,(H,40,46)/t19-,20+,26+,33+/m0/s1. The molecule has 1 aliphatic carbocycles. The van der Waals surface area contributed by atoms with Crippen molar-refractivity contribution in [2.75, 3.05) is 27.2 Å². The van der Waals surface area contributed by atoms with Gasteiger partial charge < -0.3 is 20.4 Å². The van der Waals surface area contributed by atoms with Crippen molar-refractivity contribution in [3.8, 4) is 22.6 Å². The molecule has 1 saturated heterocycles. The first-order valence-corrected chi connectivity index (χ1v) is 16.6. The lowest BCUT2D eigenvalue weighted by Gasteiger charge is -2.45. The molecule has 1 aromatic carbocycles. The third kappa shape index (κ3) is 4.98. The number of carbonyl (C=O) groups excluding carboxylic acids is 2. The molecule has 2 aliphatic rings. The molecule has 0 unspecified atom stereocenters. The highest BCUT2D eigenvalue weighted by molar-refractivity contribution is 6.34. The molecule has 1 saturated carbocycles. The van der Waals surface area contributed by atoms with Crippen LogP contribution in [0.4, 0.5) is 9.18 Å². The van der Waals surface area contributed by atoms with Crippen molar-refractivity contribution in [2.24, 2.45) is 17.6 Å². The van der Waals surface area contributed by atoms with Crippen molar-refractivity contribution in [1.82, 2.24) is 29.7 Å². The van der Waals surface area contributed by atoms with Crippen molar-refractivity contribution < 1.29 is 18.7 Å². The van der Waals surface area contributed by atoms with Crippen LogP contribution in [0.5, 0.6) is 0 Å². The molecule has 7 rings (SSSR count). The molecule has 48 heavy (non-hydrogen) atoms. The fourth-order valence-corrected chi connectivity index (χ4v) is 7.90. The number of benzene rings is 1.